The molecule has 0 aliphatic carbocycles. The molecule has 2 aliphatic rings. The number of methoxy groups -OCH3 is 1. The summed E-state index contributed by atoms with van der Waals surface area (Å²) in [7, 11) is 1.56. The monoisotopic (exact) mass is 555 g/mol. The van der Waals surface area contributed by atoms with E-state index in [1.807, 2.05) is 11.1 Å². The van der Waals surface area contributed by atoms with E-state index in [0.717, 1.165) is 78.3 Å². The molecule has 0 unspecified atom stereocenters. The van der Waals surface area contributed by atoms with E-state index in [4.69, 9.17) is 9.72 Å². The Bertz CT molecular complexity index is 1180. The van der Waals surface area contributed by atoms with Gasteiger partial charge in [-0.3, -0.25) is 4.79 Å². The van der Waals surface area contributed by atoms with E-state index < -0.39 is 0 Å². The van der Waals surface area contributed by atoms with E-state index in [1.165, 1.54) is 0 Å². The minimum absolute atomic E-state index is 0.0536. The Hall–Kier alpha value is -2.69. The number of halogens is 1. The van der Waals surface area contributed by atoms with Crippen molar-refractivity contribution in [2.24, 2.45) is 0 Å². The van der Waals surface area contributed by atoms with Crippen molar-refractivity contribution in [1.29, 1.82) is 0 Å². The first kappa shape index (κ1) is 25.0. The number of likely N-dealkylation sites (tertiary alicyclic amines) is 1. The van der Waals surface area contributed by atoms with Gasteiger partial charge in [-0.05, 0) is 59.6 Å². The summed E-state index contributed by atoms with van der Waals surface area (Å²) in [4.78, 5) is 31.6. The normalized spacial score (nSPS) is 17.6. The number of hydrogen-bond donors (Lipinski definition) is 2. The Morgan fingerprint density at radius 2 is 1.86 bits per heavy atom. The molecule has 0 spiro atoms. The number of H-pyrrole nitrogens is 1. The third-order valence-corrected chi connectivity index (χ3v) is 7.86. The summed E-state index contributed by atoms with van der Waals surface area (Å²) in [6.07, 6.45) is 4.08. The molecule has 0 saturated carbocycles. The highest BCUT2D eigenvalue weighted by molar-refractivity contribution is 9.10. The Kier molecular flexibility index (Phi) is 7.73. The third-order valence-electron chi connectivity index (χ3n) is 7.26. The van der Waals surface area contributed by atoms with Crippen LogP contribution in [-0.4, -0.2) is 96.2 Å². The fourth-order valence-electron chi connectivity index (χ4n) is 5.07. The average Bonchev–Trinajstić information content (AvgIpc) is 3.36. The quantitative estimate of drug-likeness (QED) is 0.460. The first-order valence-corrected chi connectivity index (χ1v) is 13.5. The summed E-state index contributed by atoms with van der Waals surface area (Å²) in [5, 5.41) is 3.75. The van der Waals surface area contributed by atoms with E-state index in [9.17, 15) is 4.79 Å². The molecule has 2 saturated heterocycles. The number of aromatic amines is 1. The van der Waals surface area contributed by atoms with Crippen LogP contribution in [0.1, 0.15) is 19.8 Å². The molecule has 1 aromatic carbocycles. The zero-order chi connectivity index (χ0) is 25.1. The topological polar surface area (TPSA) is 89.6 Å². The minimum Gasteiger partial charge on any atom is -0.379 e. The van der Waals surface area contributed by atoms with Gasteiger partial charge in [-0.25, -0.2) is 9.97 Å². The molecule has 0 atom stereocenters. The number of anilines is 2. The van der Waals surface area contributed by atoms with Crippen molar-refractivity contribution in [1.82, 2.24) is 24.8 Å². The predicted molar refractivity (Wildman–Crippen MR) is 146 cm³/mol. The molecule has 192 valence electrons. The number of nitrogens with one attached hydrogen (secondary N) is 2. The van der Waals surface area contributed by atoms with Gasteiger partial charge in [-0.1, -0.05) is 6.92 Å². The fourth-order valence-corrected chi connectivity index (χ4v) is 5.48. The number of fused-ring (bicyclic) bond motifs is 1. The fraction of sp³-hybridized carbons (Fsp3) is 0.500. The maximum Gasteiger partial charge on any atom is 0.248 e. The number of carbonyl (C=O) groups excluding carboxylic acids is 1. The number of hydrogen-bond acceptors (Lipinski definition) is 7. The van der Waals surface area contributed by atoms with Gasteiger partial charge in [-0.15, -0.1) is 0 Å². The molecule has 2 N–H and O–H groups in total. The lowest BCUT2D eigenvalue weighted by atomic mass is 10.0. The summed E-state index contributed by atoms with van der Waals surface area (Å²) >= 11 is 3.69. The summed E-state index contributed by atoms with van der Waals surface area (Å²) < 4.78 is 5.92. The van der Waals surface area contributed by atoms with Gasteiger partial charge in [0.15, 0.2) is 5.65 Å². The Morgan fingerprint density at radius 3 is 2.53 bits per heavy atom. The van der Waals surface area contributed by atoms with Crippen molar-refractivity contribution >= 4 is 44.4 Å². The molecule has 0 radical (unpaired) electrons. The molecular weight excluding hydrogens is 522 g/mol. The van der Waals surface area contributed by atoms with Gasteiger partial charge < -0.3 is 29.7 Å². The second-order valence-electron chi connectivity index (χ2n) is 9.47. The van der Waals surface area contributed by atoms with Gasteiger partial charge in [0.1, 0.15) is 17.9 Å². The molecule has 2 fully saturated rings. The number of nitrogens with zero attached hydrogens (tertiary/aromatic N) is 5. The van der Waals surface area contributed by atoms with Crippen molar-refractivity contribution in [3.8, 4) is 11.4 Å². The van der Waals surface area contributed by atoms with Crippen molar-refractivity contribution in [2.45, 2.75) is 25.8 Å². The summed E-state index contributed by atoms with van der Waals surface area (Å²) in [6, 6.07) is 8.88. The average molecular weight is 557 g/mol. The van der Waals surface area contributed by atoms with Crippen molar-refractivity contribution in [2.75, 3.05) is 69.7 Å². The molecule has 2 aromatic heterocycles. The van der Waals surface area contributed by atoms with E-state index in [-0.39, 0.29) is 12.5 Å². The molecule has 36 heavy (non-hydrogen) atoms. The number of amides is 1. The van der Waals surface area contributed by atoms with Crippen molar-refractivity contribution < 1.29 is 9.53 Å². The van der Waals surface area contributed by atoms with Gasteiger partial charge >= 0.3 is 0 Å². The van der Waals surface area contributed by atoms with Gasteiger partial charge in [-0.2, -0.15) is 0 Å². The highest BCUT2D eigenvalue weighted by Gasteiger charge is 2.22. The van der Waals surface area contributed by atoms with Gasteiger partial charge in [0, 0.05) is 69.9 Å². The standard InChI is InChI=1S/C26H34BrN7O2/c1-3-32-10-8-19(9-11-32)29-23-21(27)16-28-26-24(23)30-25(31-26)18-4-6-20(7-5-18)33-12-14-34(15-13-33)22(35)17-36-2/h4-7,16,19H,3,8-15,17H2,1-2H3,(H2,28,29,30,31). The van der Waals surface area contributed by atoms with Crippen molar-refractivity contribution in [3.63, 3.8) is 0 Å². The smallest absolute Gasteiger partial charge is 0.248 e. The summed E-state index contributed by atoms with van der Waals surface area (Å²) in [5.41, 5.74) is 4.84. The molecule has 10 heteroatoms. The largest absolute Gasteiger partial charge is 0.379 e. The lowest BCUT2D eigenvalue weighted by Crippen LogP contribution is -2.49. The van der Waals surface area contributed by atoms with E-state index >= 15 is 0 Å². The van der Waals surface area contributed by atoms with Crippen LogP contribution in [0.5, 0.6) is 0 Å². The van der Waals surface area contributed by atoms with Crippen molar-refractivity contribution in [3.05, 3.63) is 34.9 Å². The number of carbonyl (C=O) groups is 1. The number of aromatic nitrogens is 3. The number of piperidine rings is 1. The van der Waals surface area contributed by atoms with Gasteiger partial charge in [0.25, 0.3) is 0 Å². The lowest BCUT2D eigenvalue weighted by Gasteiger charge is -2.36. The van der Waals surface area contributed by atoms with Crippen LogP contribution in [0.25, 0.3) is 22.6 Å². The van der Waals surface area contributed by atoms with Crippen LogP contribution < -0.4 is 10.2 Å². The molecule has 3 aromatic rings. The summed E-state index contributed by atoms with van der Waals surface area (Å²) in [5.74, 6) is 0.860. The maximum atomic E-state index is 12.1. The molecule has 5 rings (SSSR count). The Labute approximate surface area is 220 Å². The van der Waals surface area contributed by atoms with Crippen LogP contribution in [0.15, 0.2) is 34.9 Å². The van der Waals surface area contributed by atoms with Crippen LogP contribution in [-0.2, 0) is 9.53 Å². The van der Waals surface area contributed by atoms with E-state index in [0.29, 0.717) is 24.8 Å². The first-order chi connectivity index (χ1) is 17.6. The van der Waals surface area contributed by atoms with Crippen LogP contribution in [0.2, 0.25) is 0 Å². The van der Waals surface area contributed by atoms with Crippen LogP contribution >= 0.6 is 15.9 Å². The van der Waals surface area contributed by atoms with Crippen LogP contribution in [0.4, 0.5) is 11.4 Å². The highest BCUT2D eigenvalue weighted by atomic mass is 79.9. The SMILES string of the molecule is CCN1CCC(Nc2c(Br)cnc3nc(-c4ccc(N5CCN(C(=O)COC)CC5)cc4)[nH]c23)CC1. The molecule has 0 bridgehead atoms. The van der Waals surface area contributed by atoms with Crippen LogP contribution in [0.3, 0.4) is 0 Å². The molecule has 2 aliphatic heterocycles. The maximum absolute atomic E-state index is 12.1. The van der Waals surface area contributed by atoms with Crippen LogP contribution in [0, 0.1) is 0 Å². The molecular formula is C26H34BrN7O2. The second-order valence-corrected chi connectivity index (χ2v) is 10.3. The second kappa shape index (κ2) is 11.1. The van der Waals surface area contributed by atoms with Gasteiger partial charge in [0.05, 0.1) is 10.2 Å². The third kappa shape index (κ3) is 5.35. The number of ether oxygens (including phenoxy) is 1. The van der Waals surface area contributed by atoms with Gasteiger partial charge in [0.2, 0.25) is 5.91 Å². The molecule has 4 heterocycles. The minimum atomic E-state index is 0.0536. The van der Waals surface area contributed by atoms with E-state index in [1.54, 1.807) is 7.11 Å². The number of rotatable bonds is 7. The number of piperazine rings is 1. The number of pyridine rings is 1. The number of imidazole rings is 1. The highest BCUT2D eigenvalue weighted by Crippen LogP contribution is 2.33. The lowest BCUT2D eigenvalue weighted by molar-refractivity contribution is -0.135. The predicted octanol–water partition coefficient (Wildman–Crippen LogP) is 3.58. The Balaban J connectivity index is 1.28. The zero-order valence-corrected chi connectivity index (χ0v) is 22.6. The molecule has 1 amide bonds. The first-order valence-electron chi connectivity index (χ1n) is 12.7. The summed E-state index contributed by atoms with van der Waals surface area (Å²) in [6.45, 7) is 8.77. The zero-order valence-electron chi connectivity index (χ0n) is 21.0. The van der Waals surface area contributed by atoms with E-state index in [2.05, 4.69) is 72.2 Å². The Morgan fingerprint density at radius 1 is 1.14 bits per heavy atom. The molecule has 9 nitrogen and oxygen atoms in total. The number of benzene rings is 1.